The lowest BCUT2D eigenvalue weighted by molar-refractivity contribution is -0.132. The van der Waals surface area contributed by atoms with Crippen LogP contribution >= 0.6 is 0 Å². The highest BCUT2D eigenvalue weighted by molar-refractivity contribution is 5.75. The van der Waals surface area contributed by atoms with Gasteiger partial charge in [0.1, 0.15) is 6.54 Å². The Bertz CT molecular complexity index is 382. The molecule has 0 spiro atoms. The van der Waals surface area contributed by atoms with Crippen molar-refractivity contribution < 1.29 is 4.79 Å². The van der Waals surface area contributed by atoms with Gasteiger partial charge in [0.25, 0.3) is 0 Å². The predicted molar refractivity (Wildman–Crippen MR) is 67.8 cm³/mol. The first-order valence-corrected chi connectivity index (χ1v) is 6.66. The van der Waals surface area contributed by atoms with Crippen LogP contribution in [0.5, 0.6) is 0 Å². The number of aromatic nitrogens is 3. The molecule has 0 bridgehead atoms. The summed E-state index contributed by atoms with van der Waals surface area (Å²) in [5.41, 5.74) is 6.30. The van der Waals surface area contributed by atoms with Crippen molar-refractivity contribution in [1.29, 1.82) is 0 Å². The van der Waals surface area contributed by atoms with Crippen molar-refractivity contribution in [2.45, 2.75) is 38.6 Å². The molecule has 18 heavy (non-hydrogen) atoms. The van der Waals surface area contributed by atoms with Gasteiger partial charge in [0.15, 0.2) is 0 Å². The Morgan fingerprint density at radius 3 is 2.67 bits per heavy atom. The van der Waals surface area contributed by atoms with E-state index in [1.54, 1.807) is 4.68 Å². The number of amides is 1. The third-order valence-electron chi connectivity index (χ3n) is 3.24. The zero-order chi connectivity index (χ0) is 12.8. The first-order valence-electron chi connectivity index (χ1n) is 6.66. The molecule has 0 radical (unpaired) electrons. The molecule has 2 N–H and O–H groups in total. The standard InChI is InChI=1S/C12H21N5O/c13-6-5-11-9-17(15-14-11)10-12(18)16-7-3-1-2-4-8-16/h9H,1-8,10,13H2. The number of carbonyl (C=O) groups is 1. The number of likely N-dealkylation sites (tertiary alicyclic amines) is 1. The zero-order valence-corrected chi connectivity index (χ0v) is 10.7. The number of hydrogen-bond acceptors (Lipinski definition) is 4. The predicted octanol–water partition coefficient (Wildman–Crippen LogP) is 0.182. The fourth-order valence-electron chi connectivity index (χ4n) is 2.24. The van der Waals surface area contributed by atoms with Crippen molar-refractivity contribution in [2.24, 2.45) is 5.73 Å². The molecule has 1 aromatic rings. The first-order chi connectivity index (χ1) is 8.79. The lowest BCUT2D eigenvalue weighted by atomic mass is 10.2. The lowest BCUT2D eigenvalue weighted by Gasteiger charge is -2.19. The number of nitrogens with zero attached hydrogens (tertiary/aromatic N) is 4. The van der Waals surface area contributed by atoms with E-state index in [0.717, 1.165) is 31.6 Å². The highest BCUT2D eigenvalue weighted by Crippen LogP contribution is 2.10. The van der Waals surface area contributed by atoms with Gasteiger partial charge in [-0.1, -0.05) is 18.1 Å². The molecule has 0 atom stereocenters. The minimum atomic E-state index is 0.140. The third-order valence-corrected chi connectivity index (χ3v) is 3.24. The SMILES string of the molecule is NCCc1cn(CC(=O)N2CCCCCC2)nn1. The minimum Gasteiger partial charge on any atom is -0.341 e. The van der Waals surface area contributed by atoms with Crippen molar-refractivity contribution in [3.63, 3.8) is 0 Å². The number of rotatable bonds is 4. The van der Waals surface area contributed by atoms with Gasteiger partial charge in [-0.15, -0.1) is 5.10 Å². The highest BCUT2D eigenvalue weighted by Gasteiger charge is 2.16. The fraction of sp³-hybridized carbons (Fsp3) is 0.750. The van der Waals surface area contributed by atoms with Crippen LogP contribution in [0, 0.1) is 0 Å². The number of carbonyl (C=O) groups excluding carboxylic acids is 1. The van der Waals surface area contributed by atoms with Gasteiger partial charge in [-0.2, -0.15) is 0 Å². The Labute approximate surface area is 107 Å². The minimum absolute atomic E-state index is 0.140. The second-order valence-electron chi connectivity index (χ2n) is 4.74. The quantitative estimate of drug-likeness (QED) is 0.828. The van der Waals surface area contributed by atoms with Crippen LogP contribution in [0.25, 0.3) is 0 Å². The molecule has 2 heterocycles. The number of nitrogens with two attached hydrogens (primary N) is 1. The number of hydrogen-bond donors (Lipinski definition) is 1. The van der Waals surface area contributed by atoms with Gasteiger partial charge in [0.05, 0.1) is 5.69 Å². The fourth-order valence-corrected chi connectivity index (χ4v) is 2.24. The summed E-state index contributed by atoms with van der Waals surface area (Å²) in [4.78, 5) is 14.0. The van der Waals surface area contributed by atoms with Gasteiger partial charge in [0.2, 0.25) is 5.91 Å². The molecule has 0 saturated carbocycles. The van der Waals surface area contributed by atoms with Crippen LogP contribution in [0.2, 0.25) is 0 Å². The van der Waals surface area contributed by atoms with Crippen molar-refractivity contribution >= 4 is 5.91 Å². The van der Waals surface area contributed by atoms with E-state index in [0.29, 0.717) is 13.0 Å². The molecular formula is C12H21N5O. The maximum Gasteiger partial charge on any atom is 0.244 e. The van der Waals surface area contributed by atoms with E-state index in [-0.39, 0.29) is 12.5 Å². The summed E-state index contributed by atoms with van der Waals surface area (Å²) in [6.45, 7) is 2.60. The smallest absolute Gasteiger partial charge is 0.244 e. The molecule has 1 fully saturated rings. The molecule has 0 aromatic carbocycles. The van der Waals surface area contributed by atoms with Crippen molar-refractivity contribution in [3.05, 3.63) is 11.9 Å². The van der Waals surface area contributed by atoms with E-state index in [4.69, 9.17) is 5.73 Å². The summed E-state index contributed by atoms with van der Waals surface area (Å²) < 4.78 is 1.61. The second-order valence-corrected chi connectivity index (χ2v) is 4.74. The lowest BCUT2D eigenvalue weighted by Crippen LogP contribution is -2.34. The summed E-state index contributed by atoms with van der Waals surface area (Å²) in [6.07, 6.45) is 7.20. The average Bonchev–Trinajstić information content (AvgIpc) is 2.65. The Morgan fingerprint density at radius 1 is 1.28 bits per heavy atom. The molecule has 0 unspecified atom stereocenters. The maximum atomic E-state index is 12.1. The van der Waals surface area contributed by atoms with E-state index in [1.165, 1.54) is 12.8 Å². The normalized spacial score (nSPS) is 16.6. The second kappa shape index (κ2) is 6.49. The molecule has 100 valence electrons. The van der Waals surface area contributed by atoms with E-state index in [9.17, 15) is 4.79 Å². The van der Waals surface area contributed by atoms with Gasteiger partial charge in [-0.05, 0) is 19.4 Å². The molecule has 1 aliphatic heterocycles. The first kappa shape index (κ1) is 13.0. The molecule has 1 amide bonds. The van der Waals surface area contributed by atoms with Crippen LogP contribution in [0.15, 0.2) is 6.20 Å². The summed E-state index contributed by atoms with van der Waals surface area (Å²) in [5.74, 6) is 0.140. The molecule has 6 nitrogen and oxygen atoms in total. The molecule has 6 heteroatoms. The molecule has 2 rings (SSSR count). The summed E-state index contributed by atoms with van der Waals surface area (Å²) >= 11 is 0. The Morgan fingerprint density at radius 2 is 2.00 bits per heavy atom. The monoisotopic (exact) mass is 251 g/mol. The van der Waals surface area contributed by atoms with Gasteiger partial charge >= 0.3 is 0 Å². The van der Waals surface area contributed by atoms with Gasteiger partial charge in [-0.25, -0.2) is 4.68 Å². The zero-order valence-electron chi connectivity index (χ0n) is 10.7. The Kier molecular flexibility index (Phi) is 4.69. The topological polar surface area (TPSA) is 77.0 Å². The van der Waals surface area contributed by atoms with Crippen molar-refractivity contribution in [2.75, 3.05) is 19.6 Å². The van der Waals surface area contributed by atoms with Crippen molar-refractivity contribution in [3.8, 4) is 0 Å². The summed E-state index contributed by atoms with van der Waals surface area (Å²) in [6, 6.07) is 0. The van der Waals surface area contributed by atoms with Gasteiger partial charge in [-0.3, -0.25) is 4.79 Å². The van der Waals surface area contributed by atoms with E-state index in [1.807, 2.05) is 11.1 Å². The van der Waals surface area contributed by atoms with E-state index < -0.39 is 0 Å². The van der Waals surface area contributed by atoms with E-state index >= 15 is 0 Å². The average molecular weight is 251 g/mol. The maximum absolute atomic E-state index is 12.1. The molecule has 1 saturated heterocycles. The van der Waals surface area contributed by atoms with Crippen molar-refractivity contribution in [1.82, 2.24) is 19.9 Å². The molecule has 1 aromatic heterocycles. The summed E-state index contributed by atoms with van der Waals surface area (Å²) in [7, 11) is 0. The third kappa shape index (κ3) is 3.53. The summed E-state index contributed by atoms with van der Waals surface area (Å²) in [5, 5.41) is 7.94. The van der Waals surface area contributed by atoms with Crippen LogP contribution < -0.4 is 5.73 Å². The van der Waals surface area contributed by atoms with Crippen LogP contribution in [-0.2, 0) is 17.8 Å². The Hall–Kier alpha value is -1.43. The van der Waals surface area contributed by atoms with Gasteiger partial charge in [0, 0.05) is 25.7 Å². The van der Waals surface area contributed by atoms with Crippen LogP contribution in [0.4, 0.5) is 0 Å². The van der Waals surface area contributed by atoms with Crippen LogP contribution in [0.3, 0.4) is 0 Å². The molecular weight excluding hydrogens is 230 g/mol. The van der Waals surface area contributed by atoms with Gasteiger partial charge < -0.3 is 10.6 Å². The molecule has 0 aliphatic carbocycles. The highest BCUT2D eigenvalue weighted by atomic mass is 16.2. The largest absolute Gasteiger partial charge is 0.341 e. The van der Waals surface area contributed by atoms with E-state index in [2.05, 4.69) is 10.3 Å². The van der Waals surface area contributed by atoms with Crippen LogP contribution in [0.1, 0.15) is 31.4 Å². The molecule has 1 aliphatic rings. The van der Waals surface area contributed by atoms with Crippen LogP contribution in [-0.4, -0.2) is 45.4 Å². The Balaban J connectivity index is 1.88.